The minimum absolute atomic E-state index is 0.151. The lowest BCUT2D eigenvalue weighted by Crippen LogP contribution is -2.57. The molecule has 0 bridgehead atoms. The molecule has 1 aromatic carbocycles. The Hall–Kier alpha value is -1.39. The number of aromatic carboxylic acids is 1. The molecule has 0 amide bonds. The number of carbonyl (C=O) groups is 1. The number of rotatable bonds is 3. The largest absolute Gasteiger partial charge is 0.478 e. The van der Waals surface area contributed by atoms with Crippen LogP contribution in [0.5, 0.6) is 0 Å². The van der Waals surface area contributed by atoms with E-state index in [1.165, 1.54) is 5.56 Å². The molecule has 1 aromatic rings. The van der Waals surface area contributed by atoms with Crippen LogP contribution in [0.4, 0.5) is 0 Å². The first-order valence-electron chi connectivity index (χ1n) is 6.64. The van der Waals surface area contributed by atoms with Crippen LogP contribution in [0.25, 0.3) is 0 Å². The van der Waals surface area contributed by atoms with E-state index in [0.717, 1.165) is 26.2 Å². The second-order valence-electron chi connectivity index (χ2n) is 5.97. The van der Waals surface area contributed by atoms with Crippen LogP contribution in [0, 0.1) is 0 Å². The maximum absolute atomic E-state index is 10.8. The molecule has 0 radical (unpaired) electrons. The summed E-state index contributed by atoms with van der Waals surface area (Å²) in [6.45, 7) is 8.57. The van der Waals surface area contributed by atoms with E-state index in [1.807, 2.05) is 12.1 Å². The van der Waals surface area contributed by atoms with Crippen molar-refractivity contribution in [2.45, 2.75) is 25.9 Å². The fourth-order valence-electron chi connectivity index (χ4n) is 2.70. The van der Waals surface area contributed by atoms with Gasteiger partial charge in [-0.05, 0) is 38.6 Å². The number of benzene rings is 1. The summed E-state index contributed by atoms with van der Waals surface area (Å²) in [5, 5.41) is 8.89. The van der Waals surface area contributed by atoms with Crippen molar-refractivity contribution in [2.75, 3.05) is 26.7 Å². The highest BCUT2D eigenvalue weighted by atomic mass is 16.4. The molecule has 4 nitrogen and oxygen atoms in total. The van der Waals surface area contributed by atoms with Gasteiger partial charge in [-0.25, -0.2) is 4.79 Å². The molecule has 19 heavy (non-hydrogen) atoms. The lowest BCUT2D eigenvalue weighted by Gasteiger charge is -2.46. The fourth-order valence-corrected chi connectivity index (χ4v) is 2.70. The summed E-state index contributed by atoms with van der Waals surface area (Å²) in [4.78, 5) is 15.6. The van der Waals surface area contributed by atoms with Crippen molar-refractivity contribution in [1.82, 2.24) is 9.80 Å². The van der Waals surface area contributed by atoms with Gasteiger partial charge in [-0.15, -0.1) is 0 Å². The Bertz CT molecular complexity index is 454. The zero-order valence-electron chi connectivity index (χ0n) is 11.9. The van der Waals surface area contributed by atoms with Crippen molar-refractivity contribution < 1.29 is 9.90 Å². The Labute approximate surface area is 114 Å². The van der Waals surface area contributed by atoms with E-state index < -0.39 is 5.97 Å². The number of likely N-dealkylation sites (N-methyl/N-ethyl adjacent to an activating group) is 1. The number of carboxylic acids is 1. The van der Waals surface area contributed by atoms with Crippen LogP contribution in [-0.4, -0.2) is 53.1 Å². The first-order chi connectivity index (χ1) is 8.88. The van der Waals surface area contributed by atoms with Crippen molar-refractivity contribution >= 4 is 5.97 Å². The Kier molecular flexibility index (Phi) is 3.92. The molecule has 0 aliphatic carbocycles. The molecule has 1 N–H and O–H groups in total. The SMILES string of the molecule is CN1CCN(Cc2ccc(C(=O)O)cc2)C(C)(C)C1. The zero-order chi connectivity index (χ0) is 14.0. The number of nitrogens with zero attached hydrogens (tertiary/aromatic N) is 2. The summed E-state index contributed by atoms with van der Waals surface area (Å²) >= 11 is 0. The number of hydrogen-bond donors (Lipinski definition) is 1. The second-order valence-corrected chi connectivity index (χ2v) is 5.97. The van der Waals surface area contributed by atoms with E-state index >= 15 is 0 Å². The Morgan fingerprint density at radius 1 is 1.26 bits per heavy atom. The van der Waals surface area contributed by atoms with Gasteiger partial charge in [-0.1, -0.05) is 12.1 Å². The van der Waals surface area contributed by atoms with E-state index in [-0.39, 0.29) is 5.54 Å². The van der Waals surface area contributed by atoms with Crippen LogP contribution < -0.4 is 0 Å². The number of hydrogen-bond acceptors (Lipinski definition) is 3. The molecule has 2 rings (SSSR count). The highest BCUT2D eigenvalue weighted by molar-refractivity contribution is 5.87. The van der Waals surface area contributed by atoms with Crippen LogP contribution in [0.2, 0.25) is 0 Å². The van der Waals surface area contributed by atoms with Crippen molar-refractivity contribution in [3.63, 3.8) is 0 Å². The van der Waals surface area contributed by atoms with Gasteiger partial charge in [0, 0.05) is 31.7 Å². The monoisotopic (exact) mass is 262 g/mol. The van der Waals surface area contributed by atoms with E-state index in [4.69, 9.17) is 5.11 Å². The molecule has 104 valence electrons. The predicted octanol–water partition coefficient (Wildman–Crippen LogP) is 1.91. The normalized spacial score (nSPS) is 20.4. The Morgan fingerprint density at radius 3 is 2.42 bits per heavy atom. The van der Waals surface area contributed by atoms with Gasteiger partial charge in [0.2, 0.25) is 0 Å². The van der Waals surface area contributed by atoms with E-state index in [2.05, 4.69) is 30.7 Å². The second kappa shape index (κ2) is 5.31. The molecular weight excluding hydrogens is 240 g/mol. The summed E-state index contributed by atoms with van der Waals surface area (Å²) in [7, 11) is 2.15. The molecular formula is C15H22N2O2. The molecule has 1 saturated heterocycles. The van der Waals surface area contributed by atoms with Crippen LogP contribution in [0.1, 0.15) is 29.8 Å². The van der Waals surface area contributed by atoms with Crippen LogP contribution in [-0.2, 0) is 6.54 Å². The highest BCUT2D eigenvalue weighted by Gasteiger charge is 2.31. The maximum Gasteiger partial charge on any atom is 0.335 e. The van der Waals surface area contributed by atoms with Crippen molar-refractivity contribution in [1.29, 1.82) is 0 Å². The molecule has 1 aliphatic rings. The van der Waals surface area contributed by atoms with Gasteiger partial charge in [0.25, 0.3) is 0 Å². The third-order valence-corrected chi connectivity index (χ3v) is 3.84. The van der Waals surface area contributed by atoms with E-state index in [9.17, 15) is 4.79 Å². The summed E-state index contributed by atoms with van der Waals surface area (Å²) in [6.07, 6.45) is 0. The summed E-state index contributed by atoms with van der Waals surface area (Å²) in [5.74, 6) is -0.869. The quantitative estimate of drug-likeness (QED) is 0.903. The van der Waals surface area contributed by atoms with E-state index in [1.54, 1.807) is 12.1 Å². The van der Waals surface area contributed by atoms with Gasteiger partial charge >= 0.3 is 5.97 Å². The summed E-state index contributed by atoms with van der Waals surface area (Å²) in [6, 6.07) is 7.19. The molecule has 1 aliphatic heterocycles. The third kappa shape index (κ3) is 3.33. The Morgan fingerprint density at radius 2 is 1.89 bits per heavy atom. The third-order valence-electron chi connectivity index (χ3n) is 3.84. The first kappa shape index (κ1) is 14.0. The average Bonchev–Trinajstić information content (AvgIpc) is 2.33. The van der Waals surface area contributed by atoms with Crippen LogP contribution in [0.3, 0.4) is 0 Å². The molecule has 0 atom stereocenters. The lowest BCUT2D eigenvalue weighted by atomic mass is 9.98. The van der Waals surface area contributed by atoms with Gasteiger partial charge in [0.05, 0.1) is 5.56 Å². The number of carboxylic acid groups (broad SMARTS) is 1. The van der Waals surface area contributed by atoms with Crippen LogP contribution in [0.15, 0.2) is 24.3 Å². The summed E-state index contributed by atoms with van der Waals surface area (Å²) < 4.78 is 0. The standard InChI is InChI=1S/C15H22N2O2/c1-15(2)11-16(3)8-9-17(15)10-12-4-6-13(7-5-12)14(18)19/h4-7H,8-11H2,1-3H3,(H,18,19). The van der Waals surface area contributed by atoms with E-state index in [0.29, 0.717) is 5.56 Å². The smallest absolute Gasteiger partial charge is 0.335 e. The lowest BCUT2D eigenvalue weighted by molar-refractivity contribution is 0.0254. The number of piperazine rings is 1. The van der Waals surface area contributed by atoms with Gasteiger partial charge in [-0.2, -0.15) is 0 Å². The zero-order valence-corrected chi connectivity index (χ0v) is 11.9. The predicted molar refractivity (Wildman–Crippen MR) is 75.4 cm³/mol. The molecule has 4 heteroatoms. The maximum atomic E-state index is 10.8. The van der Waals surface area contributed by atoms with Crippen molar-refractivity contribution in [3.8, 4) is 0 Å². The molecule has 0 unspecified atom stereocenters. The van der Waals surface area contributed by atoms with Crippen molar-refractivity contribution in [3.05, 3.63) is 35.4 Å². The summed E-state index contributed by atoms with van der Waals surface area (Å²) in [5.41, 5.74) is 1.67. The van der Waals surface area contributed by atoms with Gasteiger partial charge in [-0.3, -0.25) is 4.90 Å². The first-order valence-corrected chi connectivity index (χ1v) is 6.64. The molecule has 0 spiro atoms. The van der Waals surface area contributed by atoms with Gasteiger partial charge in [0.15, 0.2) is 0 Å². The van der Waals surface area contributed by atoms with Crippen molar-refractivity contribution in [2.24, 2.45) is 0 Å². The van der Waals surface area contributed by atoms with Gasteiger partial charge < -0.3 is 10.0 Å². The minimum Gasteiger partial charge on any atom is -0.478 e. The van der Waals surface area contributed by atoms with Crippen LogP contribution >= 0.6 is 0 Å². The highest BCUT2D eigenvalue weighted by Crippen LogP contribution is 2.22. The fraction of sp³-hybridized carbons (Fsp3) is 0.533. The molecule has 1 heterocycles. The van der Waals surface area contributed by atoms with Gasteiger partial charge in [0.1, 0.15) is 0 Å². The molecule has 1 fully saturated rings. The molecule has 0 saturated carbocycles. The Balaban J connectivity index is 2.06. The minimum atomic E-state index is -0.869. The topological polar surface area (TPSA) is 43.8 Å². The average molecular weight is 262 g/mol. The molecule has 0 aromatic heterocycles.